The van der Waals surface area contributed by atoms with Crippen LogP contribution in [0, 0.1) is 12.8 Å². The zero-order valence-electron chi connectivity index (χ0n) is 11.5. The molecule has 0 spiro atoms. The fraction of sp³-hybridized carbons (Fsp3) is 0.600. The fourth-order valence-corrected chi connectivity index (χ4v) is 3.46. The van der Waals surface area contributed by atoms with Crippen molar-refractivity contribution in [1.29, 1.82) is 0 Å². The van der Waals surface area contributed by atoms with Crippen LogP contribution in [-0.2, 0) is 0 Å². The number of thioether (sulfide) groups is 1. The van der Waals surface area contributed by atoms with Crippen molar-refractivity contribution in [1.82, 2.24) is 5.32 Å². The Balaban J connectivity index is 2.52. The van der Waals surface area contributed by atoms with Gasteiger partial charge in [0.25, 0.3) is 0 Å². The molecule has 0 aliphatic heterocycles. The summed E-state index contributed by atoms with van der Waals surface area (Å²) in [4.78, 5) is 1.39. The van der Waals surface area contributed by atoms with Crippen LogP contribution in [0.1, 0.15) is 32.3 Å². The van der Waals surface area contributed by atoms with Crippen molar-refractivity contribution >= 4 is 11.8 Å². The highest BCUT2D eigenvalue weighted by Gasteiger charge is 2.16. The Morgan fingerprint density at radius 1 is 1.24 bits per heavy atom. The molecule has 1 atom stereocenters. The highest BCUT2D eigenvalue weighted by Crippen LogP contribution is 2.23. The van der Waals surface area contributed by atoms with Gasteiger partial charge < -0.3 is 5.32 Å². The first-order chi connectivity index (χ1) is 8.21. The summed E-state index contributed by atoms with van der Waals surface area (Å²) >= 11 is 1.96. The van der Waals surface area contributed by atoms with Gasteiger partial charge in [-0.3, -0.25) is 0 Å². The zero-order chi connectivity index (χ0) is 12.7. The Hall–Kier alpha value is -0.470. The van der Waals surface area contributed by atoms with Gasteiger partial charge in [-0.25, -0.2) is 0 Å². The SMILES string of the molecule is CCC(CC)C(CSc1cccc(C)c1)NC. The lowest BCUT2D eigenvalue weighted by molar-refractivity contribution is 0.378. The minimum absolute atomic E-state index is 0.621. The zero-order valence-corrected chi connectivity index (χ0v) is 12.3. The summed E-state index contributed by atoms with van der Waals surface area (Å²) in [6, 6.07) is 9.39. The second-order valence-corrected chi connectivity index (χ2v) is 5.69. The van der Waals surface area contributed by atoms with Gasteiger partial charge in [-0.05, 0) is 32.0 Å². The molecule has 0 bridgehead atoms. The van der Waals surface area contributed by atoms with Gasteiger partial charge in [0.05, 0.1) is 0 Å². The monoisotopic (exact) mass is 251 g/mol. The third-order valence-electron chi connectivity index (χ3n) is 3.41. The first-order valence-electron chi connectivity index (χ1n) is 6.58. The predicted octanol–water partition coefficient (Wildman–Crippen LogP) is 4.11. The molecule has 2 heteroatoms. The molecule has 0 saturated heterocycles. The van der Waals surface area contributed by atoms with Crippen LogP contribution in [0.2, 0.25) is 0 Å². The largest absolute Gasteiger partial charge is 0.316 e. The molecule has 1 N–H and O–H groups in total. The lowest BCUT2D eigenvalue weighted by atomic mass is 9.96. The van der Waals surface area contributed by atoms with Crippen molar-refractivity contribution in [2.24, 2.45) is 5.92 Å². The summed E-state index contributed by atoms with van der Waals surface area (Å²) in [5.41, 5.74) is 1.35. The van der Waals surface area contributed by atoms with Crippen molar-refractivity contribution in [2.75, 3.05) is 12.8 Å². The van der Waals surface area contributed by atoms with Gasteiger partial charge in [0.2, 0.25) is 0 Å². The maximum Gasteiger partial charge on any atom is 0.0186 e. The molecule has 1 aromatic rings. The first-order valence-corrected chi connectivity index (χ1v) is 7.56. The normalized spacial score (nSPS) is 13.0. The Morgan fingerprint density at radius 3 is 2.47 bits per heavy atom. The van der Waals surface area contributed by atoms with Gasteiger partial charge in [0, 0.05) is 16.7 Å². The van der Waals surface area contributed by atoms with Crippen LogP contribution in [0.25, 0.3) is 0 Å². The number of benzene rings is 1. The highest BCUT2D eigenvalue weighted by molar-refractivity contribution is 7.99. The minimum Gasteiger partial charge on any atom is -0.316 e. The lowest BCUT2D eigenvalue weighted by Crippen LogP contribution is -2.35. The van der Waals surface area contributed by atoms with E-state index < -0.39 is 0 Å². The second-order valence-electron chi connectivity index (χ2n) is 4.60. The van der Waals surface area contributed by atoms with E-state index in [1.54, 1.807) is 0 Å². The molecule has 1 rings (SSSR count). The van der Waals surface area contributed by atoms with E-state index in [2.05, 4.69) is 57.4 Å². The molecule has 1 unspecified atom stereocenters. The summed E-state index contributed by atoms with van der Waals surface area (Å²) in [6.45, 7) is 6.73. The van der Waals surface area contributed by atoms with Gasteiger partial charge in [-0.15, -0.1) is 11.8 Å². The molecule has 0 saturated carbocycles. The van der Waals surface area contributed by atoms with E-state index in [9.17, 15) is 0 Å². The van der Waals surface area contributed by atoms with Crippen LogP contribution < -0.4 is 5.32 Å². The molecular weight excluding hydrogens is 226 g/mol. The van der Waals surface area contributed by atoms with Crippen LogP contribution in [-0.4, -0.2) is 18.8 Å². The van der Waals surface area contributed by atoms with Gasteiger partial charge in [0.1, 0.15) is 0 Å². The molecule has 1 nitrogen and oxygen atoms in total. The number of hydrogen-bond donors (Lipinski definition) is 1. The van der Waals surface area contributed by atoms with Gasteiger partial charge in [0.15, 0.2) is 0 Å². The second kappa shape index (κ2) is 7.78. The average Bonchev–Trinajstić information content (AvgIpc) is 2.34. The summed E-state index contributed by atoms with van der Waals surface area (Å²) in [5, 5.41) is 3.47. The molecule has 96 valence electrons. The molecule has 0 aliphatic carbocycles. The highest BCUT2D eigenvalue weighted by atomic mass is 32.2. The molecule has 0 amide bonds. The molecular formula is C15H25NS. The molecule has 0 aromatic heterocycles. The molecule has 0 aliphatic rings. The third kappa shape index (κ3) is 4.72. The molecule has 17 heavy (non-hydrogen) atoms. The summed E-state index contributed by atoms with van der Waals surface area (Å²) in [7, 11) is 2.08. The Labute approximate surface area is 110 Å². The van der Waals surface area contributed by atoms with Crippen LogP contribution in [0.5, 0.6) is 0 Å². The predicted molar refractivity (Wildman–Crippen MR) is 78.8 cm³/mol. The van der Waals surface area contributed by atoms with E-state index in [1.807, 2.05) is 11.8 Å². The Morgan fingerprint density at radius 2 is 1.94 bits per heavy atom. The maximum absolute atomic E-state index is 3.47. The smallest absolute Gasteiger partial charge is 0.0186 e. The van der Waals surface area contributed by atoms with Crippen molar-refractivity contribution in [3.63, 3.8) is 0 Å². The number of rotatable bonds is 7. The molecule has 1 aromatic carbocycles. The summed E-state index contributed by atoms with van der Waals surface area (Å²) < 4.78 is 0. The average molecular weight is 251 g/mol. The van der Waals surface area contributed by atoms with Gasteiger partial charge in [-0.1, -0.05) is 44.4 Å². The molecule has 0 heterocycles. The van der Waals surface area contributed by atoms with E-state index in [0.717, 1.165) is 11.7 Å². The quantitative estimate of drug-likeness (QED) is 0.732. The maximum atomic E-state index is 3.47. The van der Waals surface area contributed by atoms with Crippen molar-refractivity contribution in [3.05, 3.63) is 29.8 Å². The molecule has 0 radical (unpaired) electrons. The number of nitrogens with one attached hydrogen (secondary N) is 1. The van der Waals surface area contributed by atoms with E-state index in [1.165, 1.54) is 23.3 Å². The fourth-order valence-electron chi connectivity index (χ4n) is 2.20. The van der Waals surface area contributed by atoms with Gasteiger partial charge in [-0.2, -0.15) is 0 Å². The summed E-state index contributed by atoms with van der Waals surface area (Å²) in [5.74, 6) is 1.95. The standard InChI is InChI=1S/C15H25NS/c1-5-13(6-2)15(16-4)11-17-14-9-7-8-12(3)10-14/h7-10,13,15-16H,5-6,11H2,1-4H3. The van der Waals surface area contributed by atoms with Crippen LogP contribution in [0.3, 0.4) is 0 Å². The minimum atomic E-state index is 0.621. The van der Waals surface area contributed by atoms with Crippen LogP contribution in [0.4, 0.5) is 0 Å². The summed E-state index contributed by atoms with van der Waals surface area (Å²) in [6.07, 6.45) is 2.52. The molecule has 0 fully saturated rings. The van der Waals surface area contributed by atoms with Crippen molar-refractivity contribution in [2.45, 2.75) is 44.6 Å². The van der Waals surface area contributed by atoms with E-state index in [0.29, 0.717) is 6.04 Å². The number of hydrogen-bond acceptors (Lipinski definition) is 2. The number of aryl methyl sites for hydroxylation is 1. The first kappa shape index (κ1) is 14.6. The van der Waals surface area contributed by atoms with Crippen LogP contribution >= 0.6 is 11.8 Å². The van der Waals surface area contributed by atoms with Gasteiger partial charge >= 0.3 is 0 Å². The Bertz CT molecular complexity index is 320. The van der Waals surface area contributed by atoms with Crippen LogP contribution in [0.15, 0.2) is 29.2 Å². The van der Waals surface area contributed by atoms with E-state index >= 15 is 0 Å². The third-order valence-corrected chi connectivity index (χ3v) is 4.52. The van der Waals surface area contributed by atoms with E-state index in [-0.39, 0.29) is 0 Å². The van der Waals surface area contributed by atoms with E-state index in [4.69, 9.17) is 0 Å². The topological polar surface area (TPSA) is 12.0 Å². The lowest BCUT2D eigenvalue weighted by Gasteiger charge is -2.24. The Kier molecular flexibility index (Phi) is 6.68. The van der Waals surface area contributed by atoms with Crippen molar-refractivity contribution in [3.8, 4) is 0 Å². The van der Waals surface area contributed by atoms with Crippen molar-refractivity contribution < 1.29 is 0 Å².